The van der Waals surface area contributed by atoms with Crippen LogP contribution in [0.4, 0.5) is 5.69 Å². The molecule has 5 rings (SSSR count). The number of aryl methyl sites for hydroxylation is 1. The third kappa shape index (κ3) is 2.91. The van der Waals surface area contributed by atoms with Crippen LogP contribution in [0.15, 0.2) is 58.3 Å². The molecule has 0 amide bonds. The van der Waals surface area contributed by atoms with Gasteiger partial charge in [0, 0.05) is 43.0 Å². The monoisotopic (exact) mass is 464 g/mol. The molecule has 11 heteroatoms. The second-order valence-electron chi connectivity index (χ2n) is 7.70. The number of hydrogen-bond donors (Lipinski definition) is 0. The lowest BCUT2D eigenvalue weighted by Crippen LogP contribution is -2.37. The SMILES string of the molecule is Cc1c(Cl)cccc1-n1c(-c2ccc([N+](=O)[O-])cc2)cn2c3c(=O)n(C)c(=O)n(C)c3nc12. The average Bonchev–Trinajstić information content (AvgIpc) is 3.35. The molecule has 0 fully saturated rings. The van der Waals surface area contributed by atoms with E-state index >= 15 is 0 Å². The van der Waals surface area contributed by atoms with E-state index in [-0.39, 0.29) is 16.9 Å². The first-order chi connectivity index (χ1) is 15.7. The van der Waals surface area contributed by atoms with Gasteiger partial charge < -0.3 is 0 Å². The van der Waals surface area contributed by atoms with E-state index in [0.717, 1.165) is 15.8 Å². The zero-order chi connectivity index (χ0) is 23.6. The van der Waals surface area contributed by atoms with Gasteiger partial charge in [0.05, 0.1) is 16.3 Å². The van der Waals surface area contributed by atoms with E-state index in [4.69, 9.17) is 11.6 Å². The predicted molar refractivity (Wildman–Crippen MR) is 124 cm³/mol. The Morgan fingerprint density at radius 1 is 1.03 bits per heavy atom. The summed E-state index contributed by atoms with van der Waals surface area (Å²) in [7, 11) is 2.97. The van der Waals surface area contributed by atoms with Crippen LogP contribution in [-0.4, -0.2) is 28.0 Å². The van der Waals surface area contributed by atoms with E-state index in [1.807, 2.05) is 17.6 Å². The Morgan fingerprint density at radius 2 is 1.73 bits per heavy atom. The maximum Gasteiger partial charge on any atom is 0.332 e. The van der Waals surface area contributed by atoms with E-state index in [2.05, 4.69) is 4.98 Å². The summed E-state index contributed by atoms with van der Waals surface area (Å²) in [5.41, 5.74) is 2.35. The van der Waals surface area contributed by atoms with Crippen molar-refractivity contribution < 1.29 is 4.92 Å². The molecule has 0 radical (unpaired) electrons. The van der Waals surface area contributed by atoms with Crippen molar-refractivity contribution in [2.24, 2.45) is 14.1 Å². The Labute approximate surface area is 190 Å². The molecule has 0 spiro atoms. The van der Waals surface area contributed by atoms with E-state index in [1.54, 1.807) is 41.9 Å². The standard InChI is InChI=1S/C22H17ClN6O4/c1-12-15(23)5-4-6-16(12)28-17(13-7-9-14(10-8-13)29(32)33)11-27-18-19(24-21(27)28)25(2)22(31)26(3)20(18)30/h4-11H,1-3H3. The maximum atomic E-state index is 13.0. The second-order valence-corrected chi connectivity index (χ2v) is 8.10. The molecule has 166 valence electrons. The van der Waals surface area contributed by atoms with Crippen LogP contribution in [0.1, 0.15) is 5.56 Å². The molecule has 0 aliphatic rings. The minimum atomic E-state index is -0.477. The first kappa shape index (κ1) is 20.7. The lowest BCUT2D eigenvalue weighted by Gasteiger charge is -2.13. The molecule has 0 unspecified atom stereocenters. The molecule has 10 nitrogen and oxygen atoms in total. The van der Waals surface area contributed by atoms with Gasteiger partial charge in [0.25, 0.3) is 11.2 Å². The van der Waals surface area contributed by atoms with Crippen LogP contribution in [0.5, 0.6) is 0 Å². The van der Waals surface area contributed by atoms with Crippen molar-refractivity contribution >= 4 is 34.2 Å². The van der Waals surface area contributed by atoms with E-state index < -0.39 is 16.2 Å². The van der Waals surface area contributed by atoms with Crippen molar-refractivity contribution in [2.45, 2.75) is 6.92 Å². The molecule has 2 aromatic carbocycles. The lowest BCUT2D eigenvalue weighted by molar-refractivity contribution is -0.384. The minimum Gasteiger partial charge on any atom is -0.279 e. The third-order valence-corrected chi connectivity index (χ3v) is 6.23. The van der Waals surface area contributed by atoms with Crippen LogP contribution in [0, 0.1) is 17.0 Å². The van der Waals surface area contributed by atoms with Crippen molar-refractivity contribution in [3.63, 3.8) is 0 Å². The molecule has 0 saturated heterocycles. The number of aromatic nitrogens is 5. The minimum absolute atomic E-state index is 0.0325. The van der Waals surface area contributed by atoms with Crippen molar-refractivity contribution in [1.82, 2.24) is 23.1 Å². The van der Waals surface area contributed by atoms with Crippen LogP contribution in [0.25, 0.3) is 33.9 Å². The molecule has 0 atom stereocenters. The van der Waals surface area contributed by atoms with E-state index in [1.165, 1.54) is 23.7 Å². The van der Waals surface area contributed by atoms with Crippen molar-refractivity contribution in [3.05, 3.63) is 90.2 Å². The highest BCUT2D eigenvalue weighted by Gasteiger charge is 2.23. The molecule has 5 aromatic rings. The quantitative estimate of drug-likeness (QED) is 0.301. The number of nitro benzene ring substituents is 1. The fourth-order valence-electron chi connectivity index (χ4n) is 4.00. The van der Waals surface area contributed by atoms with Crippen LogP contribution >= 0.6 is 11.6 Å². The molecule has 3 aromatic heterocycles. The topological polar surface area (TPSA) is 109 Å². The van der Waals surface area contributed by atoms with Gasteiger partial charge in [0.1, 0.15) is 0 Å². The van der Waals surface area contributed by atoms with Crippen molar-refractivity contribution in [3.8, 4) is 16.9 Å². The van der Waals surface area contributed by atoms with E-state index in [9.17, 15) is 19.7 Å². The van der Waals surface area contributed by atoms with Gasteiger partial charge in [0.2, 0.25) is 5.78 Å². The summed E-state index contributed by atoms with van der Waals surface area (Å²) in [5.74, 6) is 0.405. The van der Waals surface area contributed by atoms with Crippen molar-refractivity contribution in [2.75, 3.05) is 0 Å². The Balaban J connectivity index is 1.94. The van der Waals surface area contributed by atoms with Gasteiger partial charge in [-0.25, -0.2) is 4.79 Å². The van der Waals surface area contributed by atoms with Gasteiger partial charge in [-0.05, 0) is 36.8 Å². The molecule has 0 aliphatic heterocycles. The Morgan fingerprint density at radius 3 is 2.39 bits per heavy atom. The number of hydrogen-bond acceptors (Lipinski definition) is 5. The molecule has 33 heavy (non-hydrogen) atoms. The smallest absolute Gasteiger partial charge is 0.279 e. The number of non-ortho nitro benzene ring substituents is 1. The molecule has 0 saturated carbocycles. The van der Waals surface area contributed by atoms with Crippen LogP contribution in [0.2, 0.25) is 5.02 Å². The molecule has 0 bridgehead atoms. The Kier molecular flexibility index (Phi) is 4.50. The lowest BCUT2D eigenvalue weighted by atomic mass is 10.1. The number of nitrogens with zero attached hydrogens (tertiary/aromatic N) is 6. The zero-order valence-corrected chi connectivity index (χ0v) is 18.6. The number of imidazole rings is 2. The summed E-state index contributed by atoms with van der Waals surface area (Å²) in [6.07, 6.45) is 1.73. The summed E-state index contributed by atoms with van der Waals surface area (Å²) < 4.78 is 5.81. The Bertz CT molecular complexity index is 1720. The highest BCUT2D eigenvalue weighted by molar-refractivity contribution is 6.31. The number of halogens is 1. The van der Waals surface area contributed by atoms with Crippen LogP contribution in [-0.2, 0) is 14.1 Å². The average molecular weight is 465 g/mol. The Hall–Kier alpha value is -4.18. The molecular formula is C22H17ClN6O4. The molecule has 3 heterocycles. The van der Waals surface area contributed by atoms with Crippen molar-refractivity contribution in [1.29, 1.82) is 0 Å². The number of benzene rings is 2. The van der Waals surface area contributed by atoms with Gasteiger partial charge in [-0.3, -0.25) is 33.0 Å². The summed E-state index contributed by atoms with van der Waals surface area (Å²) in [6.45, 7) is 1.87. The van der Waals surface area contributed by atoms with Gasteiger partial charge in [0.15, 0.2) is 11.2 Å². The first-order valence-electron chi connectivity index (χ1n) is 9.90. The molecular weight excluding hydrogens is 448 g/mol. The second kappa shape index (κ2) is 7.17. The summed E-state index contributed by atoms with van der Waals surface area (Å²) in [6, 6.07) is 11.6. The zero-order valence-electron chi connectivity index (χ0n) is 17.8. The van der Waals surface area contributed by atoms with E-state index in [0.29, 0.717) is 22.1 Å². The van der Waals surface area contributed by atoms with Gasteiger partial charge >= 0.3 is 5.69 Å². The molecule has 0 aliphatic carbocycles. The first-order valence-corrected chi connectivity index (χ1v) is 10.3. The number of nitro groups is 1. The largest absolute Gasteiger partial charge is 0.332 e. The van der Waals surface area contributed by atoms with Gasteiger partial charge in [-0.15, -0.1) is 0 Å². The highest BCUT2D eigenvalue weighted by Crippen LogP contribution is 2.32. The number of fused-ring (bicyclic) bond motifs is 3. The van der Waals surface area contributed by atoms with Gasteiger partial charge in [-0.1, -0.05) is 17.7 Å². The maximum absolute atomic E-state index is 13.0. The highest BCUT2D eigenvalue weighted by atomic mass is 35.5. The predicted octanol–water partition coefficient (Wildman–Crippen LogP) is 3.21. The van der Waals surface area contributed by atoms with Gasteiger partial charge in [-0.2, -0.15) is 4.98 Å². The summed E-state index contributed by atoms with van der Waals surface area (Å²) in [5, 5.41) is 11.7. The summed E-state index contributed by atoms with van der Waals surface area (Å²) in [4.78, 5) is 40.7. The normalized spacial score (nSPS) is 11.5. The van der Waals surface area contributed by atoms with Crippen LogP contribution < -0.4 is 11.2 Å². The third-order valence-electron chi connectivity index (χ3n) is 5.82. The fourth-order valence-corrected chi connectivity index (χ4v) is 4.17. The fraction of sp³-hybridized carbons (Fsp3) is 0.136. The summed E-state index contributed by atoms with van der Waals surface area (Å²) >= 11 is 6.39. The number of rotatable bonds is 3. The van der Waals surface area contributed by atoms with Crippen LogP contribution in [0.3, 0.4) is 0 Å². The molecule has 0 N–H and O–H groups in total.